The number of nitrogens with zero attached hydrogens (tertiary/aromatic N) is 2. The quantitative estimate of drug-likeness (QED) is 0.492. The predicted molar refractivity (Wildman–Crippen MR) is 103 cm³/mol. The van der Waals surface area contributed by atoms with Gasteiger partial charge in [-0.3, -0.25) is 0 Å². The number of aromatic nitrogens is 2. The average molecular weight is 349 g/mol. The number of unbranched alkanes of at least 4 members (excludes halogenated alkanes) is 1. The molecule has 0 fully saturated rings. The zero-order chi connectivity index (χ0) is 18.4. The smallest absolute Gasteiger partial charge is 0.360 e. The molecular formula is C21H23N3O2. The highest BCUT2D eigenvalue weighted by Crippen LogP contribution is 2.23. The van der Waals surface area contributed by atoms with E-state index in [0.717, 1.165) is 23.9 Å². The van der Waals surface area contributed by atoms with Crippen LogP contribution in [0.25, 0.3) is 11.0 Å². The Kier molecular flexibility index (Phi) is 5.79. The summed E-state index contributed by atoms with van der Waals surface area (Å²) in [5.74, 6) is 0.000941. The summed E-state index contributed by atoms with van der Waals surface area (Å²) >= 11 is 0. The van der Waals surface area contributed by atoms with Gasteiger partial charge in [0.05, 0.1) is 23.7 Å². The van der Waals surface area contributed by atoms with Crippen molar-refractivity contribution in [3.63, 3.8) is 0 Å². The Labute approximate surface area is 153 Å². The van der Waals surface area contributed by atoms with E-state index in [9.17, 15) is 4.79 Å². The fourth-order valence-corrected chi connectivity index (χ4v) is 2.65. The van der Waals surface area contributed by atoms with E-state index in [1.165, 1.54) is 0 Å². The lowest BCUT2D eigenvalue weighted by Crippen LogP contribution is -2.16. The lowest BCUT2D eigenvalue weighted by molar-refractivity contribution is 0.0494. The normalized spacial score (nSPS) is 11.9. The molecule has 26 heavy (non-hydrogen) atoms. The SMILES string of the molecule is CCCCOC(=O)c1nc2ccccc2nc1NC(C)c1ccccc1. The minimum absolute atomic E-state index is 0.0196. The number of fused-ring (bicyclic) bond motifs is 1. The van der Waals surface area contributed by atoms with Crippen LogP contribution in [0.4, 0.5) is 5.82 Å². The van der Waals surface area contributed by atoms with Gasteiger partial charge >= 0.3 is 5.97 Å². The third kappa shape index (κ3) is 4.17. The Morgan fingerprint density at radius 2 is 1.69 bits per heavy atom. The van der Waals surface area contributed by atoms with E-state index in [1.807, 2.05) is 61.5 Å². The molecule has 1 N–H and O–H groups in total. The molecule has 0 spiro atoms. The molecule has 0 saturated heterocycles. The zero-order valence-corrected chi connectivity index (χ0v) is 15.1. The summed E-state index contributed by atoms with van der Waals surface area (Å²) in [6.45, 7) is 4.47. The summed E-state index contributed by atoms with van der Waals surface area (Å²) in [5.41, 5.74) is 2.74. The van der Waals surface area contributed by atoms with Crippen molar-refractivity contribution in [2.24, 2.45) is 0 Å². The van der Waals surface area contributed by atoms with E-state index in [4.69, 9.17) is 4.74 Å². The first-order valence-corrected chi connectivity index (χ1v) is 8.94. The van der Waals surface area contributed by atoms with Gasteiger partial charge < -0.3 is 10.1 Å². The molecule has 5 nitrogen and oxygen atoms in total. The molecule has 3 aromatic rings. The summed E-state index contributed by atoms with van der Waals surface area (Å²) in [7, 11) is 0. The van der Waals surface area contributed by atoms with Crippen LogP contribution in [0, 0.1) is 0 Å². The van der Waals surface area contributed by atoms with Crippen LogP contribution in [0.15, 0.2) is 54.6 Å². The van der Waals surface area contributed by atoms with Crippen LogP contribution in [-0.4, -0.2) is 22.5 Å². The van der Waals surface area contributed by atoms with Crippen molar-refractivity contribution in [3.05, 3.63) is 65.9 Å². The Bertz CT molecular complexity index is 881. The summed E-state index contributed by atoms with van der Waals surface area (Å²) < 4.78 is 5.36. The van der Waals surface area contributed by atoms with Crippen molar-refractivity contribution in [3.8, 4) is 0 Å². The molecule has 1 heterocycles. The van der Waals surface area contributed by atoms with Gasteiger partial charge in [-0.15, -0.1) is 0 Å². The van der Waals surface area contributed by atoms with Crippen LogP contribution in [0.2, 0.25) is 0 Å². The minimum atomic E-state index is -0.445. The van der Waals surface area contributed by atoms with Gasteiger partial charge in [-0.25, -0.2) is 14.8 Å². The van der Waals surface area contributed by atoms with Crippen LogP contribution in [0.1, 0.15) is 48.8 Å². The summed E-state index contributed by atoms with van der Waals surface area (Å²) in [6, 6.07) is 17.5. The molecule has 0 bridgehead atoms. The van der Waals surface area contributed by atoms with E-state index in [0.29, 0.717) is 17.9 Å². The number of rotatable bonds is 7. The molecule has 0 aliphatic carbocycles. The number of anilines is 1. The van der Waals surface area contributed by atoms with Crippen molar-refractivity contribution >= 4 is 22.8 Å². The highest BCUT2D eigenvalue weighted by atomic mass is 16.5. The first-order valence-electron chi connectivity index (χ1n) is 8.94. The summed E-state index contributed by atoms with van der Waals surface area (Å²) in [4.78, 5) is 21.7. The maximum Gasteiger partial charge on any atom is 0.360 e. The number of hydrogen-bond donors (Lipinski definition) is 1. The maximum atomic E-state index is 12.5. The van der Waals surface area contributed by atoms with Gasteiger partial charge in [0.2, 0.25) is 0 Å². The number of benzene rings is 2. The fourth-order valence-electron chi connectivity index (χ4n) is 2.65. The third-order valence-corrected chi connectivity index (χ3v) is 4.15. The van der Waals surface area contributed by atoms with Gasteiger partial charge in [-0.1, -0.05) is 55.8 Å². The monoisotopic (exact) mass is 349 g/mol. The molecule has 0 aliphatic rings. The summed E-state index contributed by atoms with van der Waals surface area (Å²) in [6.07, 6.45) is 1.79. The lowest BCUT2D eigenvalue weighted by Gasteiger charge is -2.17. The highest BCUT2D eigenvalue weighted by molar-refractivity contribution is 5.95. The molecular weight excluding hydrogens is 326 g/mol. The number of carbonyl (C=O) groups excluding carboxylic acids is 1. The molecule has 134 valence electrons. The molecule has 0 amide bonds. The van der Waals surface area contributed by atoms with Crippen molar-refractivity contribution in [2.75, 3.05) is 11.9 Å². The number of carbonyl (C=O) groups is 1. The van der Waals surface area contributed by atoms with Crippen LogP contribution in [-0.2, 0) is 4.74 Å². The molecule has 2 aromatic carbocycles. The van der Waals surface area contributed by atoms with Crippen molar-refractivity contribution in [1.82, 2.24) is 9.97 Å². The molecule has 3 rings (SSSR count). The zero-order valence-electron chi connectivity index (χ0n) is 15.1. The number of ether oxygens (including phenoxy) is 1. The van der Waals surface area contributed by atoms with Gasteiger partial charge in [0, 0.05) is 0 Å². The second kappa shape index (κ2) is 8.43. The third-order valence-electron chi connectivity index (χ3n) is 4.15. The average Bonchev–Trinajstić information content (AvgIpc) is 2.68. The van der Waals surface area contributed by atoms with Gasteiger partial charge in [0.25, 0.3) is 0 Å². The minimum Gasteiger partial charge on any atom is -0.461 e. The van der Waals surface area contributed by atoms with Gasteiger partial charge in [0.1, 0.15) is 0 Å². The highest BCUT2D eigenvalue weighted by Gasteiger charge is 2.19. The van der Waals surface area contributed by atoms with Crippen LogP contribution < -0.4 is 5.32 Å². The van der Waals surface area contributed by atoms with Crippen LogP contribution >= 0.6 is 0 Å². The molecule has 0 aliphatic heterocycles. The maximum absolute atomic E-state index is 12.5. The lowest BCUT2D eigenvalue weighted by atomic mass is 10.1. The topological polar surface area (TPSA) is 64.1 Å². The Morgan fingerprint density at radius 1 is 1.04 bits per heavy atom. The second-order valence-corrected chi connectivity index (χ2v) is 6.18. The van der Waals surface area contributed by atoms with E-state index in [2.05, 4.69) is 22.2 Å². The van der Waals surface area contributed by atoms with E-state index < -0.39 is 5.97 Å². The molecule has 1 unspecified atom stereocenters. The van der Waals surface area contributed by atoms with Gasteiger partial charge in [0.15, 0.2) is 11.5 Å². The number of nitrogens with one attached hydrogen (secondary N) is 1. The number of para-hydroxylation sites is 2. The number of esters is 1. The van der Waals surface area contributed by atoms with Gasteiger partial charge in [-0.05, 0) is 31.0 Å². The Balaban J connectivity index is 1.93. The van der Waals surface area contributed by atoms with E-state index >= 15 is 0 Å². The molecule has 0 radical (unpaired) electrons. The molecule has 5 heteroatoms. The van der Waals surface area contributed by atoms with Crippen molar-refractivity contribution < 1.29 is 9.53 Å². The Hall–Kier alpha value is -2.95. The van der Waals surface area contributed by atoms with Crippen molar-refractivity contribution in [2.45, 2.75) is 32.7 Å². The van der Waals surface area contributed by atoms with Crippen molar-refractivity contribution in [1.29, 1.82) is 0 Å². The first-order chi connectivity index (χ1) is 12.7. The predicted octanol–water partition coefficient (Wildman–Crippen LogP) is 4.76. The standard InChI is InChI=1S/C21H23N3O2/c1-3-4-14-26-21(25)19-20(22-15(2)16-10-6-5-7-11-16)24-18-13-9-8-12-17(18)23-19/h5-13,15H,3-4,14H2,1-2H3,(H,22,24). The van der Waals surface area contributed by atoms with Gasteiger partial charge in [-0.2, -0.15) is 0 Å². The van der Waals surface area contributed by atoms with Crippen LogP contribution in [0.5, 0.6) is 0 Å². The fraction of sp³-hybridized carbons (Fsp3) is 0.286. The molecule has 0 saturated carbocycles. The van der Waals surface area contributed by atoms with Crippen LogP contribution in [0.3, 0.4) is 0 Å². The number of hydrogen-bond acceptors (Lipinski definition) is 5. The Morgan fingerprint density at radius 3 is 2.38 bits per heavy atom. The molecule has 1 atom stereocenters. The molecule has 1 aromatic heterocycles. The van der Waals surface area contributed by atoms with E-state index in [-0.39, 0.29) is 11.7 Å². The largest absolute Gasteiger partial charge is 0.461 e. The first kappa shape index (κ1) is 17.9. The second-order valence-electron chi connectivity index (χ2n) is 6.18. The summed E-state index contributed by atoms with van der Waals surface area (Å²) in [5, 5.41) is 3.32. The van der Waals surface area contributed by atoms with E-state index in [1.54, 1.807) is 0 Å².